The number of hydrogen-bond acceptors (Lipinski definition) is 0. The van der Waals surface area contributed by atoms with Crippen LogP contribution in [0.25, 0.3) is 11.1 Å². The van der Waals surface area contributed by atoms with Crippen LogP contribution in [0.4, 0.5) is 13.2 Å². The van der Waals surface area contributed by atoms with E-state index < -0.39 is 11.7 Å². The van der Waals surface area contributed by atoms with Crippen molar-refractivity contribution in [3.05, 3.63) is 66.6 Å². The SMILES string of the molecule is [CH2]CCc1ccccc1-c1ccc(C(F)(F)F)cc1. The summed E-state index contributed by atoms with van der Waals surface area (Å²) in [5.74, 6) is 0. The monoisotopic (exact) mass is 263 g/mol. The van der Waals surface area contributed by atoms with E-state index in [2.05, 4.69) is 6.92 Å². The quantitative estimate of drug-likeness (QED) is 0.719. The van der Waals surface area contributed by atoms with Gasteiger partial charge in [-0.05, 0) is 41.7 Å². The van der Waals surface area contributed by atoms with Gasteiger partial charge in [-0.1, -0.05) is 43.3 Å². The lowest BCUT2D eigenvalue weighted by Gasteiger charge is -2.11. The molecule has 2 aromatic carbocycles. The van der Waals surface area contributed by atoms with E-state index in [1.165, 1.54) is 12.1 Å². The van der Waals surface area contributed by atoms with Crippen LogP contribution in [-0.4, -0.2) is 0 Å². The smallest absolute Gasteiger partial charge is 0.166 e. The van der Waals surface area contributed by atoms with Crippen molar-refractivity contribution >= 4 is 0 Å². The summed E-state index contributed by atoms with van der Waals surface area (Å²) in [6.45, 7) is 3.81. The predicted octanol–water partition coefficient (Wildman–Crippen LogP) is 5.14. The summed E-state index contributed by atoms with van der Waals surface area (Å²) in [6, 6.07) is 13.0. The van der Waals surface area contributed by atoms with Crippen LogP contribution in [0.15, 0.2) is 48.5 Å². The fourth-order valence-corrected chi connectivity index (χ4v) is 2.05. The van der Waals surface area contributed by atoms with Crippen LogP contribution < -0.4 is 0 Å². The molecule has 0 aromatic heterocycles. The molecule has 99 valence electrons. The third kappa shape index (κ3) is 3.16. The van der Waals surface area contributed by atoms with E-state index in [4.69, 9.17) is 0 Å². The zero-order valence-corrected chi connectivity index (χ0v) is 10.4. The van der Waals surface area contributed by atoms with Crippen molar-refractivity contribution in [2.75, 3.05) is 0 Å². The van der Waals surface area contributed by atoms with E-state index in [0.717, 1.165) is 41.7 Å². The number of halogens is 3. The first-order valence-electron chi connectivity index (χ1n) is 6.07. The molecule has 0 atom stereocenters. The Morgan fingerprint density at radius 2 is 1.53 bits per heavy atom. The Balaban J connectivity index is 2.37. The van der Waals surface area contributed by atoms with E-state index in [9.17, 15) is 13.2 Å². The van der Waals surface area contributed by atoms with Gasteiger partial charge in [-0.3, -0.25) is 0 Å². The summed E-state index contributed by atoms with van der Waals surface area (Å²) in [5, 5.41) is 0. The first-order valence-corrected chi connectivity index (χ1v) is 6.07. The normalized spacial score (nSPS) is 11.6. The Morgan fingerprint density at radius 1 is 0.895 bits per heavy atom. The minimum atomic E-state index is -4.29. The summed E-state index contributed by atoms with van der Waals surface area (Å²) in [4.78, 5) is 0. The number of alkyl halides is 3. The van der Waals surface area contributed by atoms with Gasteiger partial charge in [0.15, 0.2) is 0 Å². The van der Waals surface area contributed by atoms with Crippen LogP contribution >= 0.6 is 0 Å². The van der Waals surface area contributed by atoms with Crippen molar-refractivity contribution in [1.29, 1.82) is 0 Å². The fourth-order valence-electron chi connectivity index (χ4n) is 2.05. The first-order chi connectivity index (χ1) is 9.02. The van der Waals surface area contributed by atoms with Gasteiger partial charge in [0.05, 0.1) is 5.56 Å². The number of aryl methyl sites for hydroxylation is 1. The highest BCUT2D eigenvalue weighted by molar-refractivity contribution is 5.67. The standard InChI is InChI=1S/C16H14F3/c1-2-5-12-6-3-4-7-15(12)13-8-10-14(11-9-13)16(17,18)19/h3-4,6-11H,1-2,5H2. The molecular weight excluding hydrogens is 249 g/mol. The average molecular weight is 263 g/mol. The van der Waals surface area contributed by atoms with Gasteiger partial charge in [-0.15, -0.1) is 0 Å². The van der Waals surface area contributed by atoms with Gasteiger partial charge in [0.2, 0.25) is 0 Å². The van der Waals surface area contributed by atoms with E-state index >= 15 is 0 Å². The summed E-state index contributed by atoms with van der Waals surface area (Å²) < 4.78 is 37.5. The molecule has 0 spiro atoms. The Morgan fingerprint density at radius 3 is 2.11 bits per heavy atom. The number of hydrogen-bond donors (Lipinski definition) is 0. The van der Waals surface area contributed by atoms with Gasteiger partial charge in [0, 0.05) is 0 Å². The topological polar surface area (TPSA) is 0 Å². The summed E-state index contributed by atoms with van der Waals surface area (Å²) in [7, 11) is 0. The zero-order chi connectivity index (χ0) is 13.9. The number of rotatable bonds is 3. The minimum Gasteiger partial charge on any atom is -0.166 e. The first kappa shape index (κ1) is 13.7. The lowest BCUT2D eigenvalue weighted by atomic mass is 9.96. The molecule has 2 aromatic rings. The molecule has 0 saturated heterocycles. The predicted molar refractivity (Wildman–Crippen MR) is 70.6 cm³/mol. The maximum atomic E-state index is 12.5. The molecule has 2 rings (SSSR count). The van der Waals surface area contributed by atoms with Crippen molar-refractivity contribution in [3.63, 3.8) is 0 Å². The van der Waals surface area contributed by atoms with Crippen LogP contribution in [-0.2, 0) is 12.6 Å². The second-order valence-corrected chi connectivity index (χ2v) is 4.34. The second-order valence-electron chi connectivity index (χ2n) is 4.34. The Hall–Kier alpha value is -1.77. The molecular formula is C16H14F3. The molecule has 0 heterocycles. The van der Waals surface area contributed by atoms with Crippen LogP contribution in [0.5, 0.6) is 0 Å². The van der Waals surface area contributed by atoms with Gasteiger partial charge in [0.25, 0.3) is 0 Å². The molecule has 0 fully saturated rings. The summed E-state index contributed by atoms with van der Waals surface area (Å²) in [5.41, 5.74) is 2.26. The molecule has 3 heteroatoms. The molecule has 19 heavy (non-hydrogen) atoms. The summed E-state index contributed by atoms with van der Waals surface area (Å²) >= 11 is 0. The van der Waals surface area contributed by atoms with Crippen molar-refractivity contribution in [2.45, 2.75) is 19.0 Å². The lowest BCUT2D eigenvalue weighted by Crippen LogP contribution is -2.04. The Bertz CT molecular complexity index is 539. The van der Waals surface area contributed by atoms with Crippen LogP contribution in [0.3, 0.4) is 0 Å². The third-order valence-corrected chi connectivity index (χ3v) is 2.99. The molecule has 0 amide bonds. The lowest BCUT2D eigenvalue weighted by molar-refractivity contribution is -0.137. The average Bonchev–Trinajstić information content (AvgIpc) is 2.39. The van der Waals surface area contributed by atoms with Crippen molar-refractivity contribution < 1.29 is 13.2 Å². The fraction of sp³-hybridized carbons (Fsp3) is 0.188. The van der Waals surface area contributed by atoms with Crippen molar-refractivity contribution in [2.24, 2.45) is 0 Å². The van der Waals surface area contributed by atoms with Crippen LogP contribution in [0, 0.1) is 6.92 Å². The molecule has 0 aliphatic carbocycles. The summed E-state index contributed by atoms with van der Waals surface area (Å²) in [6.07, 6.45) is -2.71. The molecule has 0 unspecified atom stereocenters. The van der Waals surface area contributed by atoms with Gasteiger partial charge in [-0.25, -0.2) is 0 Å². The van der Waals surface area contributed by atoms with Gasteiger partial charge in [-0.2, -0.15) is 13.2 Å². The van der Waals surface area contributed by atoms with E-state index in [-0.39, 0.29) is 0 Å². The largest absolute Gasteiger partial charge is 0.416 e. The van der Waals surface area contributed by atoms with E-state index in [1.807, 2.05) is 24.3 Å². The van der Waals surface area contributed by atoms with Crippen LogP contribution in [0.2, 0.25) is 0 Å². The van der Waals surface area contributed by atoms with E-state index in [0.29, 0.717) is 0 Å². The highest BCUT2D eigenvalue weighted by Gasteiger charge is 2.29. The van der Waals surface area contributed by atoms with E-state index in [1.54, 1.807) is 0 Å². The van der Waals surface area contributed by atoms with Gasteiger partial charge >= 0.3 is 6.18 Å². The highest BCUT2D eigenvalue weighted by Crippen LogP contribution is 2.32. The van der Waals surface area contributed by atoms with Crippen molar-refractivity contribution in [3.8, 4) is 11.1 Å². The molecule has 0 aliphatic rings. The molecule has 0 saturated carbocycles. The molecule has 0 bridgehead atoms. The Labute approximate surface area is 110 Å². The van der Waals surface area contributed by atoms with Crippen molar-refractivity contribution in [1.82, 2.24) is 0 Å². The highest BCUT2D eigenvalue weighted by atomic mass is 19.4. The molecule has 0 nitrogen and oxygen atoms in total. The van der Waals surface area contributed by atoms with Gasteiger partial charge in [0.1, 0.15) is 0 Å². The zero-order valence-electron chi connectivity index (χ0n) is 10.4. The maximum absolute atomic E-state index is 12.5. The number of benzene rings is 2. The van der Waals surface area contributed by atoms with Crippen LogP contribution in [0.1, 0.15) is 17.5 Å². The maximum Gasteiger partial charge on any atom is 0.416 e. The second kappa shape index (κ2) is 5.47. The third-order valence-electron chi connectivity index (χ3n) is 2.99. The minimum absolute atomic E-state index is 0.620. The Kier molecular flexibility index (Phi) is 3.93. The molecule has 0 N–H and O–H groups in total. The molecule has 1 radical (unpaired) electrons. The molecule has 0 aliphatic heterocycles. The van der Waals surface area contributed by atoms with Gasteiger partial charge < -0.3 is 0 Å².